The molecule has 0 spiro atoms. The standard InChI is InChI=1S/C53H34N2.C38H30N4Si/c1-2-16-44(17-3-1)55-50-21-11-10-20-49(50)54-53(55)38-26-22-37(23-27-38)41-30-31-47-48(34-41)52(43-29-25-36-13-5-7-15-40(36)33-43)46-19-9-8-18-45(46)51(47)42-28-24-35-12-4-6-14-39(35)32-42;1-43(2)37(33-23-13-21-31(41-33)29-19-9-11-25-39-29)35(27-15-5-3-6-16-27)36(28-17-7-4-8-18-28)38(43)34-24-14-22-32(42-34)30-20-10-12-26-40-30/h1-34H;3-26H,1-2H3. The molecule has 6 heterocycles. The molecule has 5 aromatic heterocycles. The summed E-state index contributed by atoms with van der Waals surface area (Å²) in [5.41, 5.74) is 21.8. The van der Waals surface area contributed by atoms with E-state index in [4.69, 9.17) is 15.0 Å². The third-order valence-corrected chi connectivity index (χ3v) is 22.7. The molecule has 0 saturated carbocycles. The van der Waals surface area contributed by atoms with E-state index in [1.165, 1.54) is 104 Å². The molecule has 462 valence electrons. The fourth-order valence-electron chi connectivity index (χ4n) is 14.7. The first-order chi connectivity index (χ1) is 48.4. The van der Waals surface area contributed by atoms with Crippen molar-refractivity contribution in [1.82, 2.24) is 29.5 Å². The first-order valence-corrected chi connectivity index (χ1v) is 36.4. The molecule has 0 aliphatic carbocycles. The van der Waals surface area contributed by atoms with Gasteiger partial charge in [-0.25, -0.2) is 15.0 Å². The Morgan fingerprint density at radius 2 is 0.684 bits per heavy atom. The van der Waals surface area contributed by atoms with Gasteiger partial charge in [-0.2, -0.15) is 0 Å². The molecule has 0 bridgehead atoms. The molecule has 12 aromatic carbocycles. The number of hydrogen-bond acceptors (Lipinski definition) is 5. The third-order valence-electron chi connectivity index (χ3n) is 19.1. The van der Waals surface area contributed by atoms with Crippen molar-refractivity contribution in [2.45, 2.75) is 13.1 Å². The summed E-state index contributed by atoms with van der Waals surface area (Å²) in [6.07, 6.45) is 3.64. The molecule has 6 nitrogen and oxygen atoms in total. The molecule has 7 heteroatoms. The number of pyridine rings is 4. The summed E-state index contributed by atoms with van der Waals surface area (Å²) >= 11 is 0. The lowest BCUT2D eigenvalue weighted by molar-refractivity contribution is 1.10. The van der Waals surface area contributed by atoms with Crippen LogP contribution in [-0.4, -0.2) is 37.6 Å². The molecule has 18 rings (SSSR count). The molecule has 1 aliphatic heterocycles. The van der Waals surface area contributed by atoms with Gasteiger partial charge in [-0.1, -0.05) is 262 Å². The number of hydrogen-bond donors (Lipinski definition) is 0. The second kappa shape index (κ2) is 25.3. The normalized spacial score (nSPS) is 12.8. The van der Waals surface area contributed by atoms with Crippen LogP contribution in [0.4, 0.5) is 0 Å². The summed E-state index contributed by atoms with van der Waals surface area (Å²) in [6.45, 7) is 4.86. The molecular weight excluding hydrogens is 1210 g/mol. The van der Waals surface area contributed by atoms with Crippen LogP contribution in [0.3, 0.4) is 0 Å². The van der Waals surface area contributed by atoms with Gasteiger partial charge in [0.15, 0.2) is 0 Å². The summed E-state index contributed by atoms with van der Waals surface area (Å²) in [6, 6.07) is 121. The van der Waals surface area contributed by atoms with Gasteiger partial charge >= 0.3 is 0 Å². The first kappa shape index (κ1) is 59.2. The molecule has 1 aliphatic rings. The topological polar surface area (TPSA) is 69.4 Å². The van der Waals surface area contributed by atoms with Crippen LogP contribution >= 0.6 is 0 Å². The number of nitrogens with zero attached hydrogens (tertiary/aromatic N) is 6. The SMILES string of the molecule is C[Si]1(C)C(c2cccc(-c3ccccn3)n2)=C(c2ccccc2)C(c2ccccc2)=C1c1cccc(-c2ccccn2)n1.c1ccc(-n2c(-c3ccc(-c4ccc5c(-c6ccc7ccccc7c6)c6ccccc6c(-c6ccc7ccccc7c6)c5c4)cc3)nc3ccccc32)cc1. The van der Waals surface area contributed by atoms with Gasteiger partial charge in [0, 0.05) is 23.6 Å². The third kappa shape index (κ3) is 10.9. The van der Waals surface area contributed by atoms with E-state index in [2.05, 4.69) is 319 Å². The van der Waals surface area contributed by atoms with Crippen molar-refractivity contribution in [1.29, 1.82) is 0 Å². The highest BCUT2D eigenvalue weighted by atomic mass is 28.3. The number of imidazole rings is 1. The van der Waals surface area contributed by atoms with E-state index < -0.39 is 8.07 Å². The predicted octanol–water partition coefficient (Wildman–Crippen LogP) is 23.2. The summed E-state index contributed by atoms with van der Waals surface area (Å²) in [5, 5.41) is 12.6. The van der Waals surface area contributed by atoms with Crippen LogP contribution in [0.25, 0.3) is 149 Å². The lowest BCUT2D eigenvalue weighted by Crippen LogP contribution is -2.29. The summed E-state index contributed by atoms with van der Waals surface area (Å²) in [7, 11) is -2.43. The molecule has 0 fully saturated rings. The number of fused-ring (bicyclic) bond motifs is 5. The Morgan fingerprint density at radius 3 is 1.22 bits per heavy atom. The van der Waals surface area contributed by atoms with Gasteiger partial charge in [-0.3, -0.25) is 14.5 Å². The molecule has 17 aromatic rings. The van der Waals surface area contributed by atoms with E-state index in [0.29, 0.717) is 0 Å². The van der Waals surface area contributed by atoms with E-state index in [9.17, 15) is 0 Å². The highest BCUT2D eigenvalue weighted by molar-refractivity contribution is 7.13. The molecule has 0 amide bonds. The number of rotatable bonds is 11. The molecule has 0 radical (unpaired) electrons. The van der Waals surface area contributed by atoms with Crippen molar-refractivity contribution in [2.75, 3.05) is 0 Å². The maximum absolute atomic E-state index is 5.28. The van der Waals surface area contributed by atoms with Crippen LogP contribution in [0.15, 0.2) is 352 Å². The Balaban J connectivity index is 0.000000152. The van der Waals surface area contributed by atoms with Gasteiger partial charge < -0.3 is 0 Å². The fourth-order valence-corrected chi connectivity index (χ4v) is 18.3. The molecule has 0 atom stereocenters. The van der Waals surface area contributed by atoms with Crippen molar-refractivity contribution >= 4 is 83.7 Å². The fraction of sp³-hybridized carbons (Fsp3) is 0.0220. The highest BCUT2D eigenvalue weighted by Crippen LogP contribution is 2.55. The first-order valence-electron chi connectivity index (χ1n) is 33.4. The lowest BCUT2D eigenvalue weighted by Gasteiger charge is -2.25. The number of benzene rings is 12. The molecular formula is C91H64N6Si. The second-order valence-corrected chi connectivity index (χ2v) is 29.7. The smallest absolute Gasteiger partial charge is 0.145 e. The van der Waals surface area contributed by atoms with Gasteiger partial charge in [0.1, 0.15) is 13.9 Å². The van der Waals surface area contributed by atoms with Crippen LogP contribution < -0.4 is 0 Å². The molecule has 0 unspecified atom stereocenters. The minimum atomic E-state index is -2.43. The summed E-state index contributed by atoms with van der Waals surface area (Å²) in [4.78, 5) is 24.9. The van der Waals surface area contributed by atoms with Gasteiger partial charge in [0.05, 0.1) is 45.2 Å². The van der Waals surface area contributed by atoms with Gasteiger partial charge in [-0.15, -0.1) is 0 Å². The van der Waals surface area contributed by atoms with E-state index >= 15 is 0 Å². The van der Waals surface area contributed by atoms with Gasteiger partial charge in [0.2, 0.25) is 0 Å². The average molecular weight is 1270 g/mol. The maximum atomic E-state index is 5.28. The molecule has 0 saturated heterocycles. The maximum Gasteiger partial charge on any atom is 0.145 e. The van der Waals surface area contributed by atoms with Gasteiger partial charge in [-0.05, 0) is 200 Å². The zero-order valence-electron chi connectivity index (χ0n) is 54.2. The Morgan fingerprint density at radius 1 is 0.265 bits per heavy atom. The van der Waals surface area contributed by atoms with Crippen LogP contribution in [0.1, 0.15) is 22.5 Å². The number of allylic oxidation sites excluding steroid dienone is 2. The molecule has 98 heavy (non-hydrogen) atoms. The van der Waals surface area contributed by atoms with Crippen molar-refractivity contribution in [3.63, 3.8) is 0 Å². The molecule has 0 N–H and O–H groups in total. The van der Waals surface area contributed by atoms with E-state index in [1.807, 2.05) is 60.9 Å². The highest BCUT2D eigenvalue weighted by Gasteiger charge is 2.45. The lowest BCUT2D eigenvalue weighted by atomic mass is 9.84. The van der Waals surface area contributed by atoms with E-state index in [1.54, 1.807) is 0 Å². The minimum absolute atomic E-state index is 0.866. The predicted molar refractivity (Wildman–Crippen MR) is 412 cm³/mol. The van der Waals surface area contributed by atoms with Crippen LogP contribution in [0.5, 0.6) is 0 Å². The minimum Gasteiger partial charge on any atom is -0.292 e. The number of aromatic nitrogens is 6. The Bertz CT molecular complexity index is 5780. The average Bonchev–Trinajstić information content (AvgIpc) is 1.36. The van der Waals surface area contributed by atoms with Crippen LogP contribution in [-0.2, 0) is 0 Å². The van der Waals surface area contributed by atoms with Crippen LogP contribution in [0.2, 0.25) is 13.1 Å². The zero-order valence-corrected chi connectivity index (χ0v) is 55.2. The zero-order chi connectivity index (χ0) is 65.5. The van der Waals surface area contributed by atoms with Crippen molar-refractivity contribution in [3.05, 3.63) is 375 Å². The van der Waals surface area contributed by atoms with Crippen molar-refractivity contribution in [2.24, 2.45) is 0 Å². The monoisotopic (exact) mass is 1270 g/mol. The number of para-hydroxylation sites is 3. The van der Waals surface area contributed by atoms with E-state index in [-0.39, 0.29) is 0 Å². The second-order valence-electron chi connectivity index (χ2n) is 25.5. The Kier molecular flexibility index (Phi) is 15.3. The van der Waals surface area contributed by atoms with Crippen LogP contribution in [0, 0.1) is 0 Å². The Hall–Kier alpha value is -12.6. The largest absolute Gasteiger partial charge is 0.292 e. The van der Waals surface area contributed by atoms with Crippen molar-refractivity contribution < 1.29 is 0 Å². The quantitative estimate of drug-likeness (QED) is 0.0953. The van der Waals surface area contributed by atoms with E-state index in [0.717, 1.165) is 67.8 Å². The Labute approximate surface area is 570 Å². The van der Waals surface area contributed by atoms with Gasteiger partial charge in [0.25, 0.3) is 0 Å². The summed E-state index contributed by atoms with van der Waals surface area (Å²) in [5.74, 6) is 0.933. The summed E-state index contributed by atoms with van der Waals surface area (Å²) < 4.78 is 2.26. The van der Waals surface area contributed by atoms with Crippen molar-refractivity contribution in [3.8, 4) is 73.2 Å².